The molecule has 0 saturated heterocycles. The average Bonchev–Trinajstić information content (AvgIpc) is 2.17. The van der Waals surface area contributed by atoms with Crippen LogP contribution in [-0.2, 0) is 4.79 Å². The Bertz CT molecular complexity index is 173. The summed E-state index contributed by atoms with van der Waals surface area (Å²) < 4.78 is 0. The zero-order valence-corrected chi connectivity index (χ0v) is 15.4. The molecule has 0 heterocycles. The fraction of sp³-hybridized carbons (Fsp3) is 0.727. The van der Waals surface area contributed by atoms with Gasteiger partial charge in [0.25, 0.3) is 0 Å². The first-order valence-corrected chi connectivity index (χ1v) is 5.45. The number of Topliss-reactive ketones (excluding diaryl/α,β-unsaturated/α-hetero) is 1. The normalized spacial score (nSPS) is 7.47. The third-order valence-corrected chi connectivity index (χ3v) is 0.685. The molecule has 0 aromatic heterocycles. The predicted molar refractivity (Wildman–Crippen MR) is 67.8 cm³/mol. The number of hydrazine groups is 1. The summed E-state index contributed by atoms with van der Waals surface area (Å²) >= 11 is 0. The molecule has 5 nitrogen and oxygen atoms in total. The van der Waals surface area contributed by atoms with E-state index in [-0.39, 0.29) is 63.7 Å². The van der Waals surface area contributed by atoms with Gasteiger partial charge >= 0.3 is 57.4 Å². The fourth-order valence-corrected chi connectivity index (χ4v) is 0.337. The van der Waals surface area contributed by atoms with Crippen LogP contribution < -0.4 is 67.6 Å². The number of carbonyl (C=O) groups excluding carboxylic acids is 2. The molecule has 0 unspecified atom stereocenters. The van der Waals surface area contributed by atoms with Gasteiger partial charge in [-0.15, -0.1) is 0 Å². The minimum Gasteiger partial charge on any atom is -0.338 e. The van der Waals surface area contributed by atoms with Crippen molar-refractivity contribution in [3.8, 4) is 0 Å². The molecule has 0 bridgehead atoms. The molecule has 0 aromatic carbocycles. The molecular weight excluding hydrogens is 245 g/mol. The van der Waals surface area contributed by atoms with Crippen LogP contribution in [0, 0.1) is 12.8 Å². The van der Waals surface area contributed by atoms with Crippen LogP contribution in [0.1, 0.15) is 34.6 Å². The van der Waals surface area contributed by atoms with Crippen molar-refractivity contribution in [1.82, 2.24) is 16.2 Å². The molecule has 0 fully saturated rings. The van der Waals surface area contributed by atoms with Crippen molar-refractivity contribution in [2.24, 2.45) is 5.92 Å². The first-order chi connectivity index (χ1) is 7.40. The zero-order valence-electron chi connectivity index (χ0n) is 12.3. The van der Waals surface area contributed by atoms with E-state index in [1.807, 2.05) is 13.8 Å². The molecule has 98 valence electrons. The molecule has 2 amide bonds. The van der Waals surface area contributed by atoms with Crippen molar-refractivity contribution in [3.05, 3.63) is 6.92 Å². The molecule has 0 atom stereocenters. The second-order valence-electron chi connectivity index (χ2n) is 3.33. The Balaban J connectivity index is -0.000000103. The van der Waals surface area contributed by atoms with Crippen LogP contribution in [-0.4, -0.2) is 25.4 Å². The molecule has 0 aliphatic carbocycles. The third-order valence-electron chi connectivity index (χ3n) is 0.685. The molecule has 0 aromatic rings. The number of urea groups is 1. The number of hydrogen-bond acceptors (Lipinski definition) is 3. The van der Waals surface area contributed by atoms with Crippen LogP contribution in [0.15, 0.2) is 0 Å². The third kappa shape index (κ3) is 48.2. The summed E-state index contributed by atoms with van der Waals surface area (Å²) in [6, 6.07) is -0.445. The van der Waals surface area contributed by atoms with E-state index in [0.29, 0.717) is 0 Å². The van der Waals surface area contributed by atoms with Gasteiger partial charge in [0.15, 0.2) is 0 Å². The van der Waals surface area contributed by atoms with Crippen LogP contribution >= 0.6 is 0 Å². The predicted octanol–water partition coefficient (Wildman–Crippen LogP) is -1.48. The SMILES string of the molecule is CC.CC(C)C.[CH2-]C(=O)CNC(=O)NNC.[K+]. The van der Waals surface area contributed by atoms with E-state index >= 15 is 0 Å². The Morgan fingerprint density at radius 2 is 1.53 bits per heavy atom. The number of amides is 2. The molecule has 0 radical (unpaired) electrons. The maximum atomic E-state index is 10.5. The molecule has 0 saturated carbocycles. The van der Waals surface area contributed by atoms with Gasteiger partial charge in [-0.3, -0.25) is 5.43 Å². The summed E-state index contributed by atoms with van der Waals surface area (Å²) in [6.45, 7) is 13.5. The molecular formula is C11H26KN3O2. The van der Waals surface area contributed by atoms with E-state index in [0.717, 1.165) is 5.92 Å². The maximum Gasteiger partial charge on any atom is 1.00 e. The van der Waals surface area contributed by atoms with Gasteiger partial charge in [-0.25, -0.2) is 10.2 Å². The first-order valence-electron chi connectivity index (χ1n) is 5.45. The average molecular weight is 271 g/mol. The Morgan fingerprint density at radius 1 is 1.18 bits per heavy atom. The van der Waals surface area contributed by atoms with E-state index in [1.165, 1.54) is 0 Å². The summed E-state index contributed by atoms with van der Waals surface area (Å²) in [5.41, 5.74) is 4.62. The van der Waals surface area contributed by atoms with Gasteiger partial charge in [-0.2, -0.15) is 0 Å². The van der Waals surface area contributed by atoms with Gasteiger partial charge in [-0.1, -0.05) is 34.6 Å². The van der Waals surface area contributed by atoms with Crippen molar-refractivity contribution in [2.45, 2.75) is 34.6 Å². The van der Waals surface area contributed by atoms with Crippen molar-refractivity contribution < 1.29 is 61.0 Å². The van der Waals surface area contributed by atoms with Crippen molar-refractivity contribution >= 4 is 11.8 Å². The molecule has 0 aliphatic rings. The summed E-state index contributed by atoms with van der Waals surface area (Å²) in [5.74, 6) is 0.506. The Morgan fingerprint density at radius 3 is 1.76 bits per heavy atom. The van der Waals surface area contributed by atoms with E-state index in [4.69, 9.17) is 0 Å². The zero-order chi connectivity index (χ0) is 13.6. The van der Waals surface area contributed by atoms with E-state index in [1.54, 1.807) is 7.05 Å². The number of nitrogens with one attached hydrogen (secondary N) is 3. The van der Waals surface area contributed by atoms with Gasteiger partial charge in [-0.05, 0) is 5.92 Å². The van der Waals surface area contributed by atoms with Crippen LogP contribution in [0.3, 0.4) is 0 Å². The van der Waals surface area contributed by atoms with Crippen molar-refractivity contribution in [1.29, 1.82) is 0 Å². The largest absolute Gasteiger partial charge is 1.00 e. The summed E-state index contributed by atoms with van der Waals surface area (Å²) in [6.07, 6.45) is 0. The van der Waals surface area contributed by atoms with E-state index in [9.17, 15) is 9.59 Å². The Kier molecular flexibility index (Phi) is 33.2. The van der Waals surface area contributed by atoms with Crippen LogP contribution in [0.4, 0.5) is 4.79 Å². The second kappa shape index (κ2) is 21.7. The Labute approximate surface area is 148 Å². The topological polar surface area (TPSA) is 70.2 Å². The van der Waals surface area contributed by atoms with Crippen LogP contribution in [0.5, 0.6) is 0 Å². The van der Waals surface area contributed by atoms with Gasteiger partial charge in [0, 0.05) is 19.4 Å². The summed E-state index contributed by atoms with van der Waals surface area (Å²) in [7, 11) is 1.55. The minimum absolute atomic E-state index is 0. The van der Waals surface area contributed by atoms with Gasteiger partial charge < -0.3 is 17.0 Å². The molecule has 0 aliphatic heterocycles. The van der Waals surface area contributed by atoms with Crippen LogP contribution in [0.2, 0.25) is 0 Å². The molecule has 3 N–H and O–H groups in total. The Hall–Kier alpha value is 0.406. The maximum absolute atomic E-state index is 10.5. The number of carbonyl (C=O) groups is 2. The molecule has 0 spiro atoms. The number of hydrogen-bond donors (Lipinski definition) is 3. The summed E-state index contributed by atoms with van der Waals surface area (Å²) in [4.78, 5) is 20.7. The summed E-state index contributed by atoms with van der Waals surface area (Å²) in [5, 5.41) is 2.26. The quantitative estimate of drug-likeness (QED) is 0.333. The van der Waals surface area contributed by atoms with E-state index in [2.05, 4.69) is 43.9 Å². The standard InChI is InChI=1S/C5H10N3O2.C4H10.C2H6.K/c1-4(9)3-7-5(10)8-6-2;1-4(2)3;1-2;/h6H,1,3H2,2H3,(H2,7,8,10);4H,1-3H3;1-2H3;/q-1;;;+1. The molecule has 17 heavy (non-hydrogen) atoms. The van der Waals surface area contributed by atoms with Crippen molar-refractivity contribution in [3.63, 3.8) is 0 Å². The smallest absolute Gasteiger partial charge is 0.338 e. The second-order valence-corrected chi connectivity index (χ2v) is 3.33. The monoisotopic (exact) mass is 271 g/mol. The minimum atomic E-state index is -0.445. The van der Waals surface area contributed by atoms with Crippen molar-refractivity contribution in [2.75, 3.05) is 13.6 Å². The van der Waals surface area contributed by atoms with Crippen LogP contribution in [0.25, 0.3) is 0 Å². The van der Waals surface area contributed by atoms with Gasteiger partial charge in [0.05, 0.1) is 0 Å². The number of ketones is 1. The van der Waals surface area contributed by atoms with Gasteiger partial charge in [0.1, 0.15) is 0 Å². The number of rotatable bonds is 3. The fourth-order valence-electron chi connectivity index (χ4n) is 0.337. The molecule has 6 heteroatoms. The van der Waals surface area contributed by atoms with Gasteiger partial charge in [0.2, 0.25) is 0 Å². The first kappa shape index (κ1) is 26.1. The van der Waals surface area contributed by atoms with E-state index < -0.39 is 6.03 Å². The molecule has 0 rings (SSSR count).